The van der Waals surface area contributed by atoms with Gasteiger partial charge in [-0.2, -0.15) is 0 Å². The minimum atomic E-state index is -3.43. The number of hydrogen-bond acceptors (Lipinski definition) is 4. The highest BCUT2D eigenvalue weighted by Gasteiger charge is 2.41. The summed E-state index contributed by atoms with van der Waals surface area (Å²) < 4.78 is 25.8. The van der Waals surface area contributed by atoms with Crippen molar-refractivity contribution in [1.82, 2.24) is 9.62 Å². The van der Waals surface area contributed by atoms with E-state index in [4.69, 9.17) is 0 Å². The van der Waals surface area contributed by atoms with Gasteiger partial charge in [-0.3, -0.25) is 9.69 Å². The molecule has 0 amide bonds. The van der Waals surface area contributed by atoms with E-state index in [-0.39, 0.29) is 4.90 Å². The number of hydrogen-bond donors (Lipinski definition) is 2. The quantitative estimate of drug-likeness (QED) is 0.783. The van der Waals surface area contributed by atoms with Gasteiger partial charge in [-0.05, 0) is 50.6 Å². The fourth-order valence-corrected chi connectivity index (χ4v) is 4.21. The molecule has 0 aromatic heterocycles. The molecule has 1 saturated heterocycles. The van der Waals surface area contributed by atoms with Crippen LogP contribution in [0.4, 0.5) is 0 Å². The lowest BCUT2D eigenvalue weighted by Gasteiger charge is -2.40. The third kappa shape index (κ3) is 4.15. The summed E-state index contributed by atoms with van der Waals surface area (Å²) in [6.07, 6.45) is 3.15. The number of benzene rings is 1. The lowest BCUT2D eigenvalue weighted by Crippen LogP contribution is -2.47. The third-order valence-electron chi connectivity index (χ3n) is 4.75. The Hall–Kier alpha value is -1.44. The molecule has 1 atom stereocenters. The zero-order valence-electron chi connectivity index (χ0n) is 14.3. The summed E-state index contributed by atoms with van der Waals surface area (Å²) in [7, 11) is -2.04. The van der Waals surface area contributed by atoms with Gasteiger partial charge in [-0.1, -0.05) is 25.5 Å². The highest BCUT2D eigenvalue weighted by molar-refractivity contribution is 7.89. The summed E-state index contributed by atoms with van der Waals surface area (Å²) in [5.74, 6) is -0.704. The lowest BCUT2D eigenvalue weighted by atomic mass is 9.76. The van der Waals surface area contributed by atoms with Crippen LogP contribution >= 0.6 is 0 Å². The maximum absolute atomic E-state index is 11.8. The van der Waals surface area contributed by atoms with E-state index in [0.29, 0.717) is 19.5 Å². The first kappa shape index (κ1) is 18.9. The van der Waals surface area contributed by atoms with E-state index in [1.807, 2.05) is 6.92 Å². The van der Waals surface area contributed by atoms with Crippen LogP contribution in [0.15, 0.2) is 29.2 Å². The van der Waals surface area contributed by atoms with Crippen LogP contribution in [0.5, 0.6) is 0 Å². The highest BCUT2D eigenvalue weighted by Crippen LogP contribution is 2.35. The molecule has 134 valence electrons. The monoisotopic (exact) mass is 354 g/mol. The zero-order chi connectivity index (χ0) is 17.8. The Bertz CT molecular complexity index is 668. The maximum Gasteiger partial charge on any atom is 0.310 e. The summed E-state index contributed by atoms with van der Waals surface area (Å²) in [6, 6.07) is 6.76. The molecule has 24 heavy (non-hydrogen) atoms. The van der Waals surface area contributed by atoms with E-state index in [0.717, 1.165) is 31.4 Å². The van der Waals surface area contributed by atoms with Gasteiger partial charge in [0.05, 0.1) is 10.3 Å². The number of nitrogens with one attached hydrogen (secondary N) is 1. The van der Waals surface area contributed by atoms with Gasteiger partial charge in [-0.15, -0.1) is 0 Å². The fraction of sp³-hybridized carbons (Fsp3) is 0.588. The van der Waals surface area contributed by atoms with Crippen LogP contribution in [-0.4, -0.2) is 44.5 Å². The molecule has 0 radical (unpaired) electrons. The van der Waals surface area contributed by atoms with Crippen LogP contribution in [-0.2, 0) is 21.4 Å². The van der Waals surface area contributed by atoms with Crippen LogP contribution < -0.4 is 4.72 Å². The summed E-state index contributed by atoms with van der Waals surface area (Å²) in [5, 5.41) is 9.66. The molecule has 2 N–H and O–H groups in total. The number of aliphatic carboxylic acids is 1. The average Bonchev–Trinajstić information content (AvgIpc) is 2.56. The highest BCUT2D eigenvalue weighted by atomic mass is 32.2. The van der Waals surface area contributed by atoms with Gasteiger partial charge in [0.1, 0.15) is 0 Å². The minimum absolute atomic E-state index is 0.234. The second kappa shape index (κ2) is 7.63. The number of carboxylic acid groups (broad SMARTS) is 1. The molecule has 0 aliphatic carbocycles. The number of piperidine rings is 1. The first-order valence-corrected chi connectivity index (χ1v) is 9.79. The first-order chi connectivity index (χ1) is 11.3. The number of rotatable bonds is 7. The number of likely N-dealkylation sites (tertiary alicyclic amines) is 1. The van der Waals surface area contributed by atoms with Crippen molar-refractivity contribution in [1.29, 1.82) is 0 Å². The van der Waals surface area contributed by atoms with Crippen molar-refractivity contribution in [2.45, 2.75) is 44.0 Å². The van der Waals surface area contributed by atoms with E-state index in [9.17, 15) is 18.3 Å². The average molecular weight is 354 g/mol. The van der Waals surface area contributed by atoms with Gasteiger partial charge in [0.15, 0.2) is 0 Å². The summed E-state index contributed by atoms with van der Waals surface area (Å²) in [6.45, 7) is 4.07. The molecule has 1 fully saturated rings. The van der Waals surface area contributed by atoms with E-state index in [2.05, 4.69) is 9.62 Å². The Morgan fingerprint density at radius 1 is 1.33 bits per heavy atom. The van der Waals surface area contributed by atoms with Gasteiger partial charge in [0.2, 0.25) is 10.0 Å². The Balaban J connectivity index is 2.09. The Labute approximate surface area is 143 Å². The van der Waals surface area contributed by atoms with Crippen molar-refractivity contribution in [3.8, 4) is 0 Å². The standard InChI is InChI=1S/C17H26N2O4S/c1-3-9-17(16(20)21)10-4-11-19(13-17)12-14-5-7-15(8-6-14)24(22,23)18-2/h5-8,18H,3-4,9-13H2,1-2H3,(H,20,21)/t17-/m0/s1. The van der Waals surface area contributed by atoms with Crippen molar-refractivity contribution in [2.24, 2.45) is 5.41 Å². The van der Waals surface area contributed by atoms with Crippen LogP contribution in [0.25, 0.3) is 0 Å². The van der Waals surface area contributed by atoms with Crippen molar-refractivity contribution in [3.63, 3.8) is 0 Å². The fourth-order valence-electron chi connectivity index (χ4n) is 3.48. The summed E-state index contributed by atoms with van der Waals surface area (Å²) in [5.41, 5.74) is 0.338. The van der Waals surface area contributed by atoms with Crippen molar-refractivity contribution in [3.05, 3.63) is 29.8 Å². The largest absolute Gasteiger partial charge is 0.481 e. The molecule has 0 spiro atoms. The van der Waals surface area contributed by atoms with Crippen molar-refractivity contribution in [2.75, 3.05) is 20.1 Å². The molecule has 2 rings (SSSR count). The number of carbonyl (C=O) groups is 1. The molecule has 7 heteroatoms. The molecular formula is C17H26N2O4S. The Morgan fingerprint density at radius 3 is 2.54 bits per heavy atom. The van der Waals surface area contributed by atoms with Gasteiger partial charge in [0.25, 0.3) is 0 Å². The predicted molar refractivity (Wildman–Crippen MR) is 92.2 cm³/mol. The molecule has 1 heterocycles. The lowest BCUT2D eigenvalue weighted by molar-refractivity contribution is -0.153. The molecule has 6 nitrogen and oxygen atoms in total. The van der Waals surface area contributed by atoms with E-state index in [1.165, 1.54) is 7.05 Å². The van der Waals surface area contributed by atoms with Gasteiger partial charge >= 0.3 is 5.97 Å². The molecule has 0 saturated carbocycles. The van der Waals surface area contributed by atoms with E-state index >= 15 is 0 Å². The molecule has 1 aliphatic rings. The number of sulfonamides is 1. The van der Waals surface area contributed by atoms with Crippen molar-refractivity contribution >= 4 is 16.0 Å². The minimum Gasteiger partial charge on any atom is -0.481 e. The maximum atomic E-state index is 11.8. The van der Waals surface area contributed by atoms with Crippen LogP contribution in [0.1, 0.15) is 38.2 Å². The Kier molecular flexibility index (Phi) is 6.01. The molecule has 1 aromatic carbocycles. The van der Waals surface area contributed by atoms with E-state index in [1.54, 1.807) is 24.3 Å². The van der Waals surface area contributed by atoms with E-state index < -0.39 is 21.4 Å². The number of nitrogens with zero attached hydrogens (tertiary/aromatic N) is 1. The zero-order valence-corrected chi connectivity index (χ0v) is 15.1. The van der Waals surface area contributed by atoms with Crippen molar-refractivity contribution < 1.29 is 18.3 Å². The SMILES string of the molecule is CCC[C@]1(C(=O)O)CCCN(Cc2ccc(S(=O)(=O)NC)cc2)C1. The normalized spacial score (nSPS) is 22.4. The smallest absolute Gasteiger partial charge is 0.310 e. The molecule has 1 aromatic rings. The van der Waals surface area contributed by atoms with Gasteiger partial charge < -0.3 is 5.11 Å². The summed E-state index contributed by atoms with van der Waals surface area (Å²) >= 11 is 0. The van der Waals surface area contributed by atoms with Gasteiger partial charge in [-0.25, -0.2) is 13.1 Å². The molecule has 0 bridgehead atoms. The first-order valence-electron chi connectivity index (χ1n) is 8.31. The molecule has 0 unspecified atom stereocenters. The molecular weight excluding hydrogens is 328 g/mol. The summed E-state index contributed by atoms with van der Waals surface area (Å²) in [4.78, 5) is 14.1. The molecule has 1 aliphatic heterocycles. The van der Waals surface area contributed by atoms with Crippen LogP contribution in [0, 0.1) is 5.41 Å². The Morgan fingerprint density at radius 2 is 2.00 bits per heavy atom. The number of carboxylic acids is 1. The van der Waals surface area contributed by atoms with Crippen LogP contribution in [0.3, 0.4) is 0 Å². The third-order valence-corrected chi connectivity index (χ3v) is 6.18. The predicted octanol–water partition coefficient (Wildman–Crippen LogP) is 2.06. The second-order valence-corrected chi connectivity index (χ2v) is 8.39. The second-order valence-electron chi connectivity index (χ2n) is 6.50. The topological polar surface area (TPSA) is 86.7 Å². The van der Waals surface area contributed by atoms with Gasteiger partial charge in [0, 0.05) is 13.1 Å². The van der Waals surface area contributed by atoms with Crippen LogP contribution in [0.2, 0.25) is 0 Å².